The van der Waals surface area contributed by atoms with Crippen molar-refractivity contribution in [2.75, 3.05) is 41.7 Å². The summed E-state index contributed by atoms with van der Waals surface area (Å²) in [6, 6.07) is 3.44. The van der Waals surface area contributed by atoms with Gasteiger partial charge in [0.2, 0.25) is 0 Å². The second-order valence-electron chi connectivity index (χ2n) is 4.15. The van der Waals surface area contributed by atoms with E-state index >= 15 is 0 Å². The lowest BCUT2D eigenvalue weighted by molar-refractivity contribution is 0.0433. The molecule has 114 valence electrons. The van der Waals surface area contributed by atoms with Gasteiger partial charge in [0, 0.05) is 25.3 Å². The Labute approximate surface area is 118 Å². The van der Waals surface area contributed by atoms with Crippen LogP contribution < -0.4 is 9.47 Å². The van der Waals surface area contributed by atoms with E-state index in [0.717, 1.165) is 0 Å². The van der Waals surface area contributed by atoms with Gasteiger partial charge in [0.25, 0.3) is 0 Å². The molecule has 20 heavy (non-hydrogen) atoms. The van der Waals surface area contributed by atoms with Crippen molar-refractivity contribution in [3.05, 3.63) is 23.3 Å². The summed E-state index contributed by atoms with van der Waals surface area (Å²) in [5.41, 5.74) is 1.34. The molecule has 0 saturated carbocycles. The summed E-state index contributed by atoms with van der Waals surface area (Å²) >= 11 is 0. The van der Waals surface area contributed by atoms with Gasteiger partial charge in [-0.2, -0.15) is 0 Å². The molecule has 0 aliphatic rings. The second-order valence-corrected chi connectivity index (χ2v) is 4.15. The van der Waals surface area contributed by atoms with E-state index < -0.39 is 12.2 Å². The molecule has 0 amide bonds. The highest BCUT2D eigenvalue weighted by Gasteiger charge is 2.22. The molecule has 0 heterocycles. The van der Waals surface area contributed by atoms with Gasteiger partial charge in [-0.15, -0.1) is 0 Å². The van der Waals surface area contributed by atoms with Crippen LogP contribution in [0.5, 0.6) is 11.5 Å². The van der Waals surface area contributed by atoms with Crippen molar-refractivity contribution < 1.29 is 29.2 Å². The molecule has 0 spiro atoms. The smallest absolute Gasteiger partial charge is 0.125 e. The minimum Gasteiger partial charge on any atom is -0.496 e. The highest BCUT2D eigenvalue weighted by Crippen LogP contribution is 2.37. The van der Waals surface area contributed by atoms with E-state index in [1.54, 1.807) is 12.1 Å². The van der Waals surface area contributed by atoms with Crippen LogP contribution in [0.15, 0.2) is 12.1 Å². The maximum absolute atomic E-state index is 9.35. The molecule has 1 rings (SSSR count). The van der Waals surface area contributed by atoms with Gasteiger partial charge in [0.1, 0.15) is 23.7 Å². The lowest BCUT2D eigenvalue weighted by Gasteiger charge is -2.22. The summed E-state index contributed by atoms with van der Waals surface area (Å²) in [6.07, 6.45) is -1.02. The lowest BCUT2D eigenvalue weighted by Crippen LogP contribution is -2.12. The number of ether oxygens (including phenoxy) is 4. The van der Waals surface area contributed by atoms with Crippen LogP contribution in [-0.2, 0) is 9.47 Å². The summed E-state index contributed by atoms with van der Waals surface area (Å²) in [4.78, 5) is 0. The van der Waals surface area contributed by atoms with E-state index in [2.05, 4.69) is 0 Å². The molecule has 6 nitrogen and oxygen atoms in total. The van der Waals surface area contributed by atoms with E-state index in [9.17, 15) is 10.2 Å². The predicted octanol–water partition coefficient (Wildman–Crippen LogP) is 1.06. The molecule has 0 bridgehead atoms. The van der Waals surface area contributed by atoms with Crippen LogP contribution in [0.25, 0.3) is 0 Å². The molecule has 0 aliphatic carbocycles. The summed E-state index contributed by atoms with van der Waals surface area (Å²) in [5, 5.41) is 18.7. The SMILES string of the molecule is COc1cc([C@@H](CO)OC)c(OC)cc1[C@@H](CO)OC. The molecule has 0 fully saturated rings. The Morgan fingerprint density at radius 1 is 0.800 bits per heavy atom. The molecule has 1 aromatic rings. The third kappa shape index (κ3) is 3.40. The molecule has 0 saturated heterocycles. The third-order valence-corrected chi connectivity index (χ3v) is 3.18. The number of hydrogen-bond acceptors (Lipinski definition) is 6. The zero-order chi connectivity index (χ0) is 15.1. The highest BCUT2D eigenvalue weighted by molar-refractivity contribution is 5.48. The van der Waals surface area contributed by atoms with Crippen LogP contribution in [0.2, 0.25) is 0 Å². The fourth-order valence-electron chi connectivity index (χ4n) is 2.05. The van der Waals surface area contributed by atoms with Gasteiger partial charge in [-0.3, -0.25) is 0 Å². The van der Waals surface area contributed by atoms with Crippen LogP contribution in [0.1, 0.15) is 23.3 Å². The number of rotatable bonds is 8. The van der Waals surface area contributed by atoms with Crippen LogP contribution in [0, 0.1) is 0 Å². The second kappa shape index (κ2) is 8.06. The van der Waals surface area contributed by atoms with Crippen LogP contribution >= 0.6 is 0 Å². The minimum atomic E-state index is -0.511. The van der Waals surface area contributed by atoms with Crippen molar-refractivity contribution in [3.8, 4) is 11.5 Å². The molecule has 1 aromatic carbocycles. The highest BCUT2D eigenvalue weighted by atomic mass is 16.5. The fraction of sp³-hybridized carbons (Fsp3) is 0.571. The Hall–Kier alpha value is -1.34. The lowest BCUT2D eigenvalue weighted by atomic mass is 10.0. The van der Waals surface area contributed by atoms with Crippen LogP contribution in [0.4, 0.5) is 0 Å². The maximum Gasteiger partial charge on any atom is 0.125 e. The van der Waals surface area contributed by atoms with Crippen molar-refractivity contribution in [1.29, 1.82) is 0 Å². The number of hydrogen-bond donors (Lipinski definition) is 2. The van der Waals surface area contributed by atoms with Crippen LogP contribution in [-0.4, -0.2) is 51.9 Å². The van der Waals surface area contributed by atoms with Gasteiger partial charge < -0.3 is 29.2 Å². The van der Waals surface area contributed by atoms with E-state index in [4.69, 9.17) is 18.9 Å². The van der Waals surface area contributed by atoms with Crippen molar-refractivity contribution in [1.82, 2.24) is 0 Å². The van der Waals surface area contributed by atoms with Crippen molar-refractivity contribution in [2.24, 2.45) is 0 Å². The zero-order valence-electron chi connectivity index (χ0n) is 12.3. The Balaban J connectivity index is 3.36. The number of methoxy groups -OCH3 is 4. The summed E-state index contributed by atoms with van der Waals surface area (Å²) in [5.74, 6) is 1.08. The Morgan fingerprint density at radius 2 is 1.15 bits per heavy atom. The monoisotopic (exact) mass is 286 g/mol. The van der Waals surface area contributed by atoms with Gasteiger partial charge in [0.05, 0.1) is 27.4 Å². The molecule has 0 radical (unpaired) electrons. The van der Waals surface area contributed by atoms with E-state index in [0.29, 0.717) is 22.6 Å². The summed E-state index contributed by atoms with van der Waals surface area (Å²) in [6.45, 7) is -0.355. The Bertz CT molecular complexity index is 373. The van der Waals surface area contributed by atoms with Gasteiger partial charge in [-0.1, -0.05) is 0 Å². The summed E-state index contributed by atoms with van der Waals surface area (Å²) < 4.78 is 21.1. The molecule has 0 unspecified atom stereocenters. The standard InChI is InChI=1S/C14H22O6/c1-17-11-5-10(14(8-16)20-4)12(18-2)6-9(11)13(7-15)19-3/h5-6,13-16H,7-8H2,1-4H3/t13-,14-/m1/s1. The largest absolute Gasteiger partial charge is 0.496 e. The van der Waals surface area contributed by atoms with Crippen LogP contribution in [0.3, 0.4) is 0 Å². The first-order valence-corrected chi connectivity index (χ1v) is 6.19. The van der Waals surface area contributed by atoms with Gasteiger partial charge in [-0.25, -0.2) is 0 Å². The molecular formula is C14H22O6. The Kier molecular flexibility index (Phi) is 6.74. The molecule has 2 N–H and O–H groups in total. The van der Waals surface area contributed by atoms with Gasteiger partial charge in [-0.05, 0) is 12.1 Å². The van der Waals surface area contributed by atoms with E-state index in [1.807, 2.05) is 0 Å². The predicted molar refractivity (Wildman–Crippen MR) is 73.2 cm³/mol. The average Bonchev–Trinajstić information content (AvgIpc) is 2.50. The first kappa shape index (κ1) is 16.7. The van der Waals surface area contributed by atoms with Gasteiger partial charge >= 0.3 is 0 Å². The first-order chi connectivity index (χ1) is 9.66. The van der Waals surface area contributed by atoms with Crippen molar-refractivity contribution in [2.45, 2.75) is 12.2 Å². The molecule has 0 aliphatic heterocycles. The maximum atomic E-state index is 9.35. The molecule has 2 atom stereocenters. The average molecular weight is 286 g/mol. The third-order valence-electron chi connectivity index (χ3n) is 3.18. The normalized spacial score (nSPS) is 13.9. The number of benzene rings is 1. The topological polar surface area (TPSA) is 77.4 Å². The minimum absolute atomic E-state index is 0.178. The van der Waals surface area contributed by atoms with Crippen molar-refractivity contribution in [3.63, 3.8) is 0 Å². The molecular weight excluding hydrogens is 264 g/mol. The number of aliphatic hydroxyl groups is 2. The van der Waals surface area contributed by atoms with E-state index in [1.165, 1.54) is 28.4 Å². The van der Waals surface area contributed by atoms with Gasteiger partial charge in [0.15, 0.2) is 0 Å². The van der Waals surface area contributed by atoms with E-state index in [-0.39, 0.29) is 13.2 Å². The molecule has 6 heteroatoms. The zero-order valence-corrected chi connectivity index (χ0v) is 12.3. The Morgan fingerprint density at radius 3 is 1.35 bits per heavy atom. The number of aliphatic hydroxyl groups excluding tert-OH is 2. The fourth-order valence-corrected chi connectivity index (χ4v) is 2.05. The quantitative estimate of drug-likeness (QED) is 0.744. The van der Waals surface area contributed by atoms with Crippen molar-refractivity contribution >= 4 is 0 Å². The molecule has 0 aromatic heterocycles. The summed E-state index contributed by atoms with van der Waals surface area (Å²) in [7, 11) is 6.07. The first-order valence-electron chi connectivity index (χ1n) is 6.19.